The summed E-state index contributed by atoms with van der Waals surface area (Å²) in [6.45, 7) is 2.99. The van der Waals surface area contributed by atoms with E-state index in [1.807, 2.05) is 24.3 Å². The van der Waals surface area contributed by atoms with Gasteiger partial charge in [0.2, 0.25) is 0 Å². The number of rotatable bonds is 5. The average molecular weight is 381 g/mol. The van der Waals surface area contributed by atoms with Crippen LogP contribution in [0.15, 0.2) is 48.7 Å². The van der Waals surface area contributed by atoms with E-state index in [9.17, 15) is 9.18 Å². The van der Waals surface area contributed by atoms with Crippen LogP contribution < -0.4 is 15.4 Å². The first kappa shape index (κ1) is 18.5. The molecule has 0 bridgehead atoms. The van der Waals surface area contributed by atoms with Crippen molar-refractivity contribution in [2.75, 3.05) is 37.4 Å². The molecule has 5 nitrogen and oxygen atoms in total. The van der Waals surface area contributed by atoms with Gasteiger partial charge in [0.25, 0.3) is 5.91 Å². The van der Waals surface area contributed by atoms with Crippen LogP contribution in [0.4, 0.5) is 15.8 Å². The molecular weight excluding hydrogens is 357 g/mol. The van der Waals surface area contributed by atoms with E-state index in [2.05, 4.69) is 22.6 Å². The lowest BCUT2D eigenvalue weighted by atomic mass is 10.00. The number of halogens is 1. The lowest BCUT2D eigenvalue weighted by molar-refractivity contribution is -0.110. The van der Waals surface area contributed by atoms with Gasteiger partial charge in [-0.2, -0.15) is 0 Å². The number of benzene rings is 2. The predicted molar refractivity (Wildman–Crippen MR) is 109 cm³/mol. The fourth-order valence-electron chi connectivity index (χ4n) is 3.74. The number of hydrogen-bond donors (Lipinski definition) is 2. The number of nitrogens with zero attached hydrogens (tertiary/aromatic N) is 1. The van der Waals surface area contributed by atoms with Crippen molar-refractivity contribution in [2.45, 2.75) is 12.8 Å². The Kier molecular flexibility index (Phi) is 5.30. The summed E-state index contributed by atoms with van der Waals surface area (Å²) < 4.78 is 19.2. The minimum atomic E-state index is -0.372. The number of likely N-dealkylation sites (tertiary alicyclic amines) is 1. The number of carbonyl (C=O) groups is 1. The molecule has 1 fully saturated rings. The van der Waals surface area contributed by atoms with E-state index >= 15 is 0 Å². The molecule has 0 radical (unpaired) electrons. The van der Waals surface area contributed by atoms with E-state index in [0.29, 0.717) is 22.7 Å². The first-order valence-electron chi connectivity index (χ1n) is 9.58. The SMILES string of the molecule is CN1CCCC(COc2ccc(NC=C3C(=O)Nc4cc(F)ccc43)cc2)C1. The maximum atomic E-state index is 13.3. The lowest BCUT2D eigenvalue weighted by Crippen LogP contribution is -2.34. The quantitative estimate of drug-likeness (QED) is 0.770. The van der Waals surface area contributed by atoms with E-state index in [4.69, 9.17) is 4.74 Å². The summed E-state index contributed by atoms with van der Waals surface area (Å²) in [4.78, 5) is 14.5. The molecule has 2 aromatic carbocycles. The van der Waals surface area contributed by atoms with Crippen molar-refractivity contribution in [3.8, 4) is 5.75 Å². The minimum Gasteiger partial charge on any atom is -0.493 e. The van der Waals surface area contributed by atoms with Gasteiger partial charge in [-0.05, 0) is 68.9 Å². The number of amides is 1. The van der Waals surface area contributed by atoms with Crippen molar-refractivity contribution in [1.29, 1.82) is 0 Å². The molecule has 2 heterocycles. The molecule has 2 aromatic rings. The summed E-state index contributed by atoms with van der Waals surface area (Å²) >= 11 is 0. The van der Waals surface area contributed by atoms with E-state index in [1.54, 1.807) is 12.3 Å². The maximum Gasteiger partial charge on any atom is 0.257 e. The summed E-state index contributed by atoms with van der Waals surface area (Å²) in [7, 11) is 2.15. The third-order valence-electron chi connectivity index (χ3n) is 5.21. The Labute approximate surface area is 164 Å². The standard InChI is InChI=1S/C22H24FN3O2/c1-26-10-2-3-15(13-26)14-28-18-7-5-17(6-8-18)24-12-20-19-9-4-16(23)11-21(19)25-22(20)27/h4-9,11-12,15,24H,2-3,10,13-14H2,1H3,(H,25,27). The highest BCUT2D eigenvalue weighted by Crippen LogP contribution is 2.32. The number of nitrogens with one attached hydrogen (secondary N) is 2. The molecule has 6 heteroatoms. The molecule has 2 aliphatic rings. The molecule has 0 aromatic heterocycles. The van der Waals surface area contributed by atoms with Crippen LogP contribution in [-0.2, 0) is 4.79 Å². The summed E-state index contributed by atoms with van der Waals surface area (Å²) in [5, 5.41) is 5.81. The molecule has 2 aliphatic heterocycles. The molecule has 0 saturated carbocycles. The normalized spacial score (nSPS) is 20.7. The van der Waals surface area contributed by atoms with Crippen molar-refractivity contribution < 1.29 is 13.9 Å². The van der Waals surface area contributed by atoms with E-state index in [0.717, 1.165) is 24.6 Å². The van der Waals surface area contributed by atoms with Crippen LogP contribution in [0.1, 0.15) is 18.4 Å². The zero-order valence-electron chi connectivity index (χ0n) is 15.9. The number of carbonyl (C=O) groups excluding carboxylic acids is 1. The predicted octanol–water partition coefficient (Wildman–Crippen LogP) is 3.95. The molecule has 0 aliphatic carbocycles. The van der Waals surface area contributed by atoms with Gasteiger partial charge in [0.1, 0.15) is 11.6 Å². The summed E-state index contributed by atoms with van der Waals surface area (Å²) in [5.74, 6) is 0.798. The number of anilines is 2. The van der Waals surface area contributed by atoms with Crippen molar-refractivity contribution in [2.24, 2.45) is 5.92 Å². The van der Waals surface area contributed by atoms with Crippen molar-refractivity contribution in [3.05, 3.63) is 60.0 Å². The number of fused-ring (bicyclic) bond motifs is 1. The largest absolute Gasteiger partial charge is 0.493 e. The zero-order chi connectivity index (χ0) is 19.5. The van der Waals surface area contributed by atoms with Gasteiger partial charge in [0.15, 0.2) is 0 Å². The Morgan fingerprint density at radius 1 is 1.29 bits per heavy atom. The van der Waals surface area contributed by atoms with Gasteiger partial charge in [0.05, 0.1) is 17.9 Å². The van der Waals surface area contributed by atoms with Gasteiger partial charge >= 0.3 is 0 Å². The van der Waals surface area contributed by atoms with Crippen LogP contribution in [0.3, 0.4) is 0 Å². The third kappa shape index (κ3) is 4.17. The van der Waals surface area contributed by atoms with Crippen molar-refractivity contribution in [3.63, 3.8) is 0 Å². The smallest absolute Gasteiger partial charge is 0.257 e. The number of piperidine rings is 1. The summed E-state index contributed by atoms with van der Waals surface area (Å²) in [5.41, 5.74) is 2.52. The van der Waals surface area contributed by atoms with Crippen LogP contribution in [0.2, 0.25) is 0 Å². The molecule has 146 valence electrons. The first-order valence-corrected chi connectivity index (χ1v) is 9.58. The van der Waals surface area contributed by atoms with Crippen LogP contribution in [0.5, 0.6) is 5.75 Å². The second kappa shape index (κ2) is 8.02. The molecule has 2 N–H and O–H groups in total. The Morgan fingerprint density at radius 3 is 2.89 bits per heavy atom. The molecule has 1 saturated heterocycles. The highest BCUT2D eigenvalue weighted by atomic mass is 19.1. The van der Waals surface area contributed by atoms with Gasteiger partial charge in [-0.1, -0.05) is 0 Å². The summed E-state index contributed by atoms with van der Waals surface area (Å²) in [6.07, 6.45) is 4.09. The monoisotopic (exact) mass is 381 g/mol. The Hall–Kier alpha value is -2.86. The fraction of sp³-hybridized carbons (Fsp3) is 0.318. The van der Waals surface area contributed by atoms with Crippen molar-refractivity contribution in [1.82, 2.24) is 4.90 Å². The number of ether oxygens (including phenoxy) is 1. The second-order valence-corrected chi connectivity index (χ2v) is 7.45. The minimum absolute atomic E-state index is 0.245. The Bertz CT molecular complexity index is 895. The highest BCUT2D eigenvalue weighted by Gasteiger charge is 2.24. The molecule has 4 rings (SSSR count). The zero-order valence-corrected chi connectivity index (χ0v) is 15.9. The van der Waals surface area contributed by atoms with Gasteiger partial charge in [0, 0.05) is 29.9 Å². The van der Waals surface area contributed by atoms with Crippen LogP contribution in [-0.4, -0.2) is 37.6 Å². The van der Waals surface area contributed by atoms with Gasteiger partial charge in [-0.15, -0.1) is 0 Å². The highest BCUT2D eigenvalue weighted by molar-refractivity contribution is 6.31. The van der Waals surface area contributed by atoms with Crippen molar-refractivity contribution >= 4 is 22.9 Å². The van der Waals surface area contributed by atoms with Crippen LogP contribution in [0, 0.1) is 11.7 Å². The van der Waals surface area contributed by atoms with E-state index in [-0.39, 0.29) is 11.7 Å². The second-order valence-electron chi connectivity index (χ2n) is 7.45. The van der Waals surface area contributed by atoms with E-state index in [1.165, 1.54) is 31.5 Å². The molecule has 1 atom stereocenters. The lowest BCUT2D eigenvalue weighted by Gasteiger charge is -2.29. The number of hydrogen-bond acceptors (Lipinski definition) is 4. The Morgan fingerprint density at radius 2 is 2.11 bits per heavy atom. The average Bonchev–Trinajstić information content (AvgIpc) is 2.99. The van der Waals surface area contributed by atoms with Gasteiger partial charge < -0.3 is 20.3 Å². The third-order valence-corrected chi connectivity index (χ3v) is 5.21. The van der Waals surface area contributed by atoms with Gasteiger partial charge in [-0.3, -0.25) is 4.79 Å². The van der Waals surface area contributed by atoms with Gasteiger partial charge in [-0.25, -0.2) is 4.39 Å². The summed E-state index contributed by atoms with van der Waals surface area (Å²) in [6, 6.07) is 12.0. The molecule has 0 spiro atoms. The van der Waals surface area contributed by atoms with Crippen LogP contribution in [0.25, 0.3) is 5.57 Å². The first-order chi connectivity index (χ1) is 13.6. The van der Waals surface area contributed by atoms with Crippen LogP contribution >= 0.6 is 0 Å². The Balaban J connectivity index is 1.36. The fourth-order valence-corrected chi connectivity index (χ4v) is 3.74. The molecular formula is C22H24FN3O2. The van der Waals surface area contributed by atoms with E-state index < -0.39 is 0 Å². The molecule has 1 unspecified atom stereocenters. The molecule has 1 amide bonds. The molecule has 28 heavy (non-hydrogen) atoms. The topological polar surface area (TPSA) is 53.6 Å². The maximum absolute atomic E-state index is 13.3.